The SMILES string of the molecule is CCOCCOc1c(Cl)cccc1NC(=O)CCCN.Cl. The average Bonchev–Trinajstić information content (AvgIpc) is 2.43. The van der Waals surface area contributed by atoms with Gasteiger partial charge in [-0.1, -0.05) is 17.7 Å². The predicted octanol–water partition coefficient (Wildman–Crippen LogP) is 2.85. The summed E-state index contributed by atoms with van der Waals surface area (Å²) in [4.78, 5) is 11.7. The summed E-state index contributed by atoms with van der Waals surface area (Å²) in [5.41, 5.74) is 5.94. The molecule has 0 fully saturated rings. The Bertz CT molecular complexity index is 431. The van der Waals surface area contributed by atoms with Crippen LogP contribution in [-0.4, -0.2) is 32.3 Å². The van der Waals surface area contributed by atoms with Gasteiger partial charge in [0.05, 0.1) is 17.3 Å². The van der Waals surface area contributed by atoms with Crippen molar-refractivity contribution in [2.24, 2.45) is 5.73 Å². The van der Waals surface area contributed by atoms with Gasteiger partial charge in [-0.2, -0.15) is 0 Å². The lowest BCUT2D eigenvalue weighted by molar-refractivity contribution is -0.116. The number of carbonyl (C=O) groups excluding carboxylic acids is 1. The van der Waals surface area contributed by atoms with Crippen LogP contribution in [0.15, 0.2) is 18.2 Å². The van der Waals surface area contributed by atoms with Crippen LogP contribution in [0, 0.1) is 0 Å². The van der Waals surface area contributed by atoms with Gasteiger partial charge >= 0.3 is 0 Å². The van der Waals surface area contributed by atoms with Crippen molar-refractivity contribution < 1.29 is 14.3 Å². The molecule has 0 aliphatic rings. The Balaban J connectivity index is 0.00000400. The minimum absolute atomic E-state index is 0. The Labute approximate surface area is 136 Å². The third-order valence-corrected chi connectivity index (χ3v) is 2.82. The second kappa shape index (κ2) is 11.6. The Morgan fingerprint density at radius 3 is 2.81 bits per heavy atom. The summed E-state index contributed by atoms with van der Waals surface area (Å²) in [7, 11) is 0. The summed E-state index contributed by atoms with van der Waals surface area (Å²) in [6.45, 7) is 3.89. The van der Waals surface area contributed by atoms with Crippen LogP contribution in [0.4, 0.5) is 5.69 Å². The standard InChI is InChI=1S/C14H21ClN2O3.ClH/c1-2-19-9-10-20-14-11(15)5-3-6-12(14)17-13(18)7-4-8-16;/h3,5-6H,2,4,7-10,16H2,1H3,(H,17,18);1H. The number of halogens is 2. The van der Waals surface area contributed by atoms with Crippen LogP contribution in [0.5, 0.6) is 5.75 Å². The van der Waals surface area contributed by atoms with Crippen LogP contribution in [-0.2, 0) is 9.53 Å². The zero-order valence-corrected chi connectivity index (χ0v) is 13.6. The molecule has 7 heteroatoms. The number of nitrogens with one attached hydrogen (secondary N) is 1. The molecule has 0 saturated heterocycles. The molecule has 0 aromatic heterocycles. The highest BCUT2D eigenvalue weighted by molar-refractivity contribution is 6.32. The van der Waals surface area contributed by atoms with Crippen molar-refractivity contribution >= 4 is 35.6 Å². The highest BCUT2D eigenvalue weighted by Gasteiger charge is 2.11. The lowest BCUT2D eigenvalue weighted by Gasteiger charge is -2.14. The monoisotopic (exact) mass is 336 g/mol. The molecule has 0 atom stereocenters. The third kappa shape index (κ3) is 7.52. The van der Waals surface area contributed by atoms with E-state index in [0.29, 0.717) is 55.7 Å². The van der Waals surface area contributed by atoms with E-state index in [9.17, 15) is 4.79 Å². The smallest absolute Gasteiger partial charge is 0.224 e. The van der Waals surface area contributed by atoms with E-state index < -0.39 is 0 Å². The number of nitrogens with two attached hydrogens (primary N) is 1. The number of anilines is 1. The molecule has 3 N–H and O–H groups in total. The molecule has 1 aromatic rings. The quantitative estimate of drug-likeness (QED) is 0.680. The topological polar surface area (TPSA) is 73.6 Å². The molecule has 0 aliphatic heterocycles. The molecular formula is C14H22Cl2N2O3. The summed E-state index contributed by atoms with van der Waals surface area (Å²) < 4.78 is 10.8. The summed E-state index contributed by atoms with van der Waals surface area (Å²) in [5.74, 6) is 0.363. The highest BCUT2D eigenvalue weighted by atomic mass is 35.5. The number of rotatable bonds is 9. The summed E-state index contributed by atoms with van der Waals surface area (Å²) in [6, 6.07) is 5.23. The van der Waals surface area contributed by atoms with Gasteiger partial charge in [0, 0.05) is 13.0 Å². The molecule has 21 heavy (non-hydrogen) atoms. The van der Waals surface area contributed by atoms with E-state index in [0.717, 1.165) is 0 Å². The molecular weight excluding hydrogens is 315 g/mol. The Morgan fingerprint density at radius 2 is 2.14 bits per heavy atom. The fraction of sp³-hybridized carbons (Fsp3) is 0.500. The molecule has 0 heterocycles. The van der Waals surface area contributed by atoms with Crippen LogP contribution in [0.25, 0.3) is 0 Å². The molecule has 0 unspecified atom stereocenters. The van der Waals surface area contributed by atoms with Gasteiger partial charge in [-0.25, -0.2) is 0 Å². The van der Waals surface area contributed by atoms with Crippen LogP contribution in [0.2, 0.25) is 5.02 Å². The molecule has 5 nitrogen and oxygen atoms in total. The van der Waals surface area contributed by atoms with Crippen molar-refractivity contribution in [3.63, 3.8) is 0 Å². The number of ether oxygens (including phenoxy) is 2. The predicted molar refractivity (Wildman–Crippen MR) is 87.6 cm³/mol. The minimum Gasteiger partial charge on any atom is -0.487 e. The Hall–Kier alpha value is -1.01. The van der Waals surface area contributed by atoms with Gasteiger partial charge in [-0.15, -0.1) is 12.4 Å². The van der Waals surface area contributed by atoms with Crippen molar-refractivity contribution in [1.29, 1.82) is 0 Å². The summed E-state index contributed by atoms with van der Waals surface area (Å²) >= 11 is 6.09. The van der Waals surface area contributed by atoms with E-state index in [-0.39, 0.29) is 18.3 Å². The number of hydrogen-bond acceptors (Lipinski definition) is 4. The normalized spacial score (nSPS) is 9.86. The maximum absolute atomic E-state index is 11.7. The Kier molecular flexibility index (Phi) is 11.1. The molecule has 0 radical (unpaired) electrons. The minimum atomic E-state index is -0.104. The van der Waals surface area contributed by atoms with E-state index in [1.165, 1.54) is 0 Å². The van der Waals surface area contributed by atoms with Gasteiger partial charge in [0.2, 0.25) is 5.91 Å². The van der Waals surface area contributed by atoms with Gasteiger partial charge in [0.25, 0.3) is 0 Å². The van der Waals surface area contributed by atoms with Crippen LogP contribution in [0.3, 0.4) is 0 Å². The first-order valence-corrected chi connectivity index (χ1v) is 7.05. The maximum atomic E-state index is 11.7. The zero-order valence-electron chi connectivity index (χ0n) is 12.1. The molecule has 0 aliphatic carbocycles. The number of carbonyl (C=O) groups is 1. The molecule has 1 rings (SSSR count). The van der Waals surface area contributed by atoms with Crippen molar-refractivity contribution in [2.45, 2.75) is 19.8 Å². The maximum Gasteiger partial charge on any atom is 0.224 e. The van der Waals surface area contributed by atoms with Crippen molar-refractivity contribution in [3.05, 3.63) is 23.2 Å². The van der Waals surface area contributed by atoms with E-state index in [1.54, 1.807) is 18.2 Å². The molecule has 0 saturated carbocycles. The molecule has 1 aromatic carbocycles. The van der Waals surface area contributed by atoms with Gasteiger partial charge in [-0.3, -0.25) is 4.79 Å². The first kappa shape index (κ1) is 20.0. The molecule has 0 spiro atoms. The highest BCUT2D eigenvalue weighted by Crippen LogP contribution is 2.32. The largest absolute Gasteiger partial charge is 0.487 e. The molecule has 1 amide bonds. The van der Waals surface area contributed by atoms with Crippen LogP contribution >= 0.6 is 24.0 Å². The van der Waals surface area contributed by atoms with E-state index in [4.69, 9.17) is 26.8 Å². The van der Waals surface area contributed by atoms with Crippen molar-refractivity contribution in [2.75, 3.05) is 31.7 Å². The number of hydrogen-bond donors (Lipinski definition) is 2. The van der Waals surface area contributed by atoms with E-state index in [2.05, 4.69) is 5.32 Å². The van der Waals surface area contributed by atoms with Crippen molar-refractivity contribution in [1.82, 2.24) is 0 Å². The summed E-state index contributed by atoms with van der Waals surface area (Å²) in [6.07, 6.45) is 1.02. The van der Waals surface area contributed by atoms with Crippen molar-refractivity contribution in [3.8, 4) is 5.75 Å². The first-order valence-electron chi connectivity index (χ1n) is 6.68. The van der Waals surface area contributed by atoms with Crippen LogP contribution in [0.1, 0.15) is 19.8 Å². The fourth-order valence-electron chi connectivity index (χ4n) is 1.58. The fourth-order valence-corrected chi connectivity index (χ4v) is 1.81. The average molecular weight is 337 g/mol. The molecule has 0 bridgehead atoms. The lowest BCUT2D eigenvalue weighted by atomic mass is 10.2. The third-order valence-electron chi connectivity index (χ3n) is 2.53. The van der Waals surface area contributed by atoms with Crippen LogP contribution < -0.4 is 15.8 Å². The number of para-hydroxylation sites is 1. The van der Waals surface area contributed by atoms with Gasteiger partial charge < -0.3 is 20.5 Å². The van der Waals surface area contributed by atoms with E-state index in [1.807, 2.05) is 6.92 Å². The summed E-state index contributed by atoms with van der Waals surface area (Å²) in [5, 5.41) is 3.24. The second-order valence-corrected chi connectivity index (χ2v) is 4.51. The van der Waals surface area contributed by atoms with Gasteiger partial charge in [0.1, 0.15) is 6.61 Å². The van der Waals surface area contributed by atoms with E-state index >= 15 is 0 Å². The molecule has 120 valence electrons. The number of amides is 1. The lowest BCUT2D eigenvalue weighted by Crippen LogP contribution is -2.15. The zero-order chi connectivity index (χ0) is 14.8. The first-order chi connectivity index (χ1) is 9.69. The van der Waals surface area contributed by atoms with Gasteiger partial charge in [0.15, 0.2) is 5.75 Å². The Morgan fingerprint density at radius 1 is 1.38 bits per heavy atom. The number of benzene rings is 1. The second-order valence-electron chi connectivity index (χ2n) is 4.10. The van der Waals surface area contributed by atoms with Gasteiger partial charge in [-0.05, 0) is 32.0 Å².